The van der Waals surface area contributed by atoms with Crippen molar-refractivity contribution in [2.24, 2.45) is 0 Å². The van der Waals surface area contributed by atoms with Crippen LogP contribution in [0.15, 0.2) is 84.1 Å². The van der Waals surface area contributed by atoms with E-state index in [0.29, 0.717) is 26.2 Å². The summed E-state index contributed by atoms with van der Waals surface area (Å²) in [5.41, 5.74) is 4.27. The fourth-order valence-electron chi connectivity index (χ4n) is 6.01. The Morgan fingerprint density at radius 1 is 1.07 bits per heavy atom. The zero-order chi connectivity index (χ0) is 28.3. The lowest BCUT2D eigenvalue weighted by Crippen LogP contribution is -2.28. The Balaban J connectivity index is 1.56. The molecular formula is C33H35N2O4S+. The lowest BCUT2D eigenvalue weighted by Gasteiger charge is -2.26. The van der Waals surface area contributed by atoms with E-state index in [1.54, 1.807) is 0 Å². The standard InChI is InChI=1S/C33H34N2O4S/c1-23(32-34(19-21-40-32)18-20-39-22-36)10-4-9-15-28-33(2,3)30-26-13-7-5-11-24(26)25-12-6-8-14-27(25)31(30)35(28)17-16-29(37)38/h4-15,22H,16-21H2,1-3H3/p+1. The van der Waals surface area contributed by atoms with Gasteiger partial charge >= 0.3 is 5.97 Å². The van der Waals surface area contributed by atoms with Gasteiger partial charge < -0.3 is 14.7 Å². The second kappa shape index (κ2) is 11.7. The van der Waals surface area contributed by atoms with E-state index < -0.39 is 5.97 Å². The van der Waals surface area contributed by atoms with Crippen LogP contribution in [0.1, 0.15) is 32.8 Å². The van der Waals surface area contributed by atoms with Crippen molar-refractivity contribution in [3.8, 4) is 0 Å². The lowest BCUT2D eigenvalue weighted by molar-refractivity contribution is -0.519. The zero-order valence-corrected chi connectivity index (χ0v) is 24.0. The number of carboxylic acid groups (broad SMARTS) is 1. The number of benzene rings is 3. The number of carbonyl (C=O) groups excluding carboxylic acids is 1. The van der Waals surface area contributed by atoms with Gasteiger partial charge in [-0.25, -0.2) is 4.58 Å². The topological polar surface area (TPSA) is 69.8 Å². The predicted octanol–water partition coefficient (Wildman–Crippen LogP) is 6.28. The molecule has 0 aliphatic carbocycles. The second-order valence-electron chi connectivity index (χ2n) is 10.6. The van der Waals surface area contributed by atoms with Crippen LogP contribution in [-0.4, -0.2) is 59.2 Å². The van der Waals surface area contributed by atoms with Gasteiger partial charge in [-0.1, -0.05) is 92.4 Å². The van der Waals surface area contributed by atoms with Crippen molar-refractivity contribution in [1.29, 1.82) is 0 Å². The maximum absolute atomic E-state index is 11.7. The summed E-state index contributed by atoms with van der Waals surface area (Å²) in [5, 5.41) is 15.5. The summed E-state index contributed by atoms with van der Waals surface area (Å²) in [6, 6.07) is 17.0. The van der Waals surface area contributed by atoms with Crippen molar-refractivity contribution in [2.45, 2.75) is 32.6 Å². The van der Waals surface area contributed by atoms with Crippen LogP contribution in [0.4, 0.5) is 5.69 Å². The number of aliphatic carboxylic acids is 1. The molecule has 0 amide bonds. The molecule has 0 saturated heterocycles. The van der Waals surface area contributed by atoms with Crippen molar-refractivity contribution in [1.82, 2.24) is 0 Å². The van der Waals surface area contributed by atoms with Gasteiger partial charge in [0.25, 0.3) is 6.47 Å². The molecule has 0 radical (unpaired) electrons. The highest BCUT2D eigenvalue weighted by Gasteiger charge is 2.42. The maximum Gasteiger partial charge on any atom is 0.305 e. The van der Waals surface area contributed by atoms with Crippen molar-refractivity contribution < 1.29 is 24.0 Å². The van der Waals surface area contributed by atoms with Crippen molar-refractivity contribution >= 4 is 56.5 Å². The monoisotopic (exact) mass is 555 g/mol. The summed E-state index contributed by atoms with van der Waals surface area (Å²) in [4.78, 5) is 24.4. The van der Waals surface area contributed by atoms with Gasteiger partial charge in [0.05, 0.1) is 17.9 Å². The number of nitrogens with zero attached hydrogens (tertiary/aromatic N) is 2. The number of hydrogen-bond donors (Lipinski definition) is 1. The van der Waals surface area contributed by atoms with Crippen LogP contribution in [0.3, 0.4) is 0 Å². The first-order valence-electron chi connectivity index (χ1n) is 13.6. The highest BCUT2D eigenvalue weighted by atomic mass is 32.2. The fraction of sp³-hybridized carbons (Fsp3) is 0.303. The summed E-state index contributed by atoms with van der Waals surface area (Å²) in [7, 11) is 0. The van der Waals surface area contributed by atoms with Gasteiger partial charge in [0, 0.05) is 28.6 Å². The van der Waals surface area contributed by atoms with Crippen LogP contribution >= 0.6 is 11.8 Å². The van der Waals surface area contributed by atoms with E-state index >= 15 is 0 Å². The number of thioether (sulfide) groups is 1. The Morgan fingerprint density at radius 3 is 2.45 bits per heavy atom. The number of allylic oxidation sites excluding steroid dienone is 5. The second-order valence-corrected chi connectivity index (χ2v) is 11.7. The minimum atomic E-state index is -0.806. The van der Waals surface area contributed by atoms with E-state index in [-0.39, 0.29) is 11.8 Å². The van der Waals surface area contributed by atoms with E-state index in [4.69, 9.17) is 4.74 Å². The molecule has 5 rings (SSSR count). The van der Waals surface area contributed by atoms with Crippen LogP contribution in [0, 0.1) is 0 Å². The maximum atomic E-state index is 11.7. The minimum Gasteiger partial charge on any atom is -0.481 e. The van der Waals surface area contributed by atoms with E-state index in [2.05, 4.69) is 103 Å². The first-order valence-corrected chi connectivity index (χ1v) is 14.6. The van der Waals surface area contributed by atoms with Crippen LogP contribution in [-0.2, 0) is 19.7 Å². The summed E-state index contributed by atoms with van der Waals surface area (Å²) in [6.45, 7) is 9.48. The van der Waals surface area contributed by atoms with E-state index in [9.17, 15) is 14.7 Å². The molecule has 2 aliphatic rings. The summed E-state index contributed by atoms with van der Waals surface area (Å²) in [5.74, 6) is 0.210. The van der Waals surface area contributed by atoms with Gasteiger partial charge in [-0.2, -0.15) is 0 Å². The molecule has 0 fully saturated rings. The molecule has 6 nitrogen and oxygen atoms in total. The molecule has 2 heterocycles. The number of hydrogen-bond acceptors (Lipinski definition) is 5. The largest absolute Gasteiger partial charge is 0.481 e. The van der Waals surface area contributed by atoms with E-state index in [0.717, 1.165) is 34.6 Å². The molecule has 0 atom stereocenters. The minimum absolute atomic E-state index is 0.0515. The Hall–Kier alpha value is -3.84. The third-order valence-electron chi connectivity index (χ3n) is 7.76. The summed E-state index contributed by atoms with van der Waals surface area (Å²) >= 11 is 1.82. The third kappa shape index (κ3) is 5.18. The Kier molecular flexibility index (Phi) is 8.12. The quantitative estimate of drug-likeness (QED) is 0.104. The van der Waals surface area contributed by atoms with Gasteiger partial charge in [-0.15, -0.1) is 0 Å². The molecule has 0 bridgehead atoms. The number of anilines is 1. The van der Waals surface area contributed by atoms with Crippen LogP contribution in [0.25, 0.3) is 21.5 Å². The average Bonchev–Trinajstić information content (AvgIpc) is 3.50. The molecule has 3 aromatic rings. The highest BCUT2D eigenvalue weighted by Crippen LogP contribution is 2.54. The molecule has 40 heavy (non-hydrogen) atoms. The Morgan fingerprint density at radius 2 is 1.75 bits per heavy atom. The first kappa shape index (κ1) is 27.7. The normalized spacial score (nSPS) is 17.9. The average molecular weight is 556 g/mol. The molecule has 2 aliphatic heterocycles. The van der Waals surface area contributed by atoms with Crippen LogP contribution in [0.2, 0.25) is 0 Å². The molecular weight excluding hydrogens is 520 g/mol. The fourth-order valence-corrected chi connectivity index (χ4v) is 7.18. The molecule has 0 unspecified atom stereocenters. The predicted molar refractivity (Wildman–Crippen MR) is 165 cm³/mol. The number of carbonyl (C=O) groups is 2. The van der Waals surface area contributed by atoms with E-state index in [1.165, 1.54) is 26.8 Å². The molecule has 0 saturated carbocycles. The van der Waals surface area contributed by atoms with E-state index in [1.807, 2.05) is 11.8 Å². The smallest absolute Gasteiger partial charge is 0.305 e. The highest BCUT2D eigenvalue weighted by molar-refractivity contribution is 8.14. The van der Waals surface area contributed by atoms with Gasteiger partial charge in [0.2, 0.25) is 5.04 Å². The number of fused-ring (bicyclic) bond motifs is 6. The number of rotatable bonds is 10. The number of carboxylic acids is 1. The third-order valence-corrected chi connectivity index (χ3v) is 9.00. The van der Waals surface area contributed by atoms with Crippen molar-refractivity contribution in [3.05, 3.63) is 89.7 Å². The molecule has 7 heteroatoms. The summed E-state index contributed by atoms with van der Waals surface area (Å²) in [6.07, 6.45) is 8.41. The van der Waals surface area contributed by atoms with Gasteiger partial charge in [-0.3, -0.25) is 9.59 Å². The van der Waals surface area contributed by atoms with Crippen LogP contribution in [0.5, 0.6) is 0 Å². The molecule has 1 N–H and O–H groups in total. The zero-order valence-electron chi connectivity index (χ0n) is 23.2. The SMILES string of the molecule is CC(=C/C=C/C=C1\N(CCC(=O)O)c2c(c3ccccc3c3ccccc23)C1(C)C)C1=[N+](CCOC=O)CCS1. The summed E-state index contributed by atoms with van der Waals surface area (Å²) < 4.78 is 7.15. The molecule has 3 aromatic carbocycles. The molecule has 206 valence electrons. The van der Waals surface area contributed by atoms with Gasteiger partial charge in [0.15, 0.2) is 13.1 Å². The first-order chi connectivity index (χ1) is 19.3. The van der Waals surface area contributed by atoms with Crippen LogP contribution < -0.4 is 4.90 Å². The lowest BCUT2D eigenvalue weighted by atomic mass is 9.80. The van der Waals surface area contributed by atoms with Crippen molar-refractivity contribution in [2.75, 3.05) is 36.9 Å². The number of ether oxygens (including phenoxy) is 1. The molecule has 0 spiro atoms. The molecule has 0 aromatic heterocycles. The van der Waals surface area contributed by atoms with Gasteiger partial charge in [0.1, 0.15) is 6.61 Å². The Labute approximate surface area is 239 Å². The van der Waals surface area contributed by atoms with Crippen molar-refractivity contribution in [3.63, 3.8) is 0 Å². The Bertz CT molecular complexity index is 1600. The van der Waals surface area contributed by atoms with Gasteiger partial charge in [-0.05, 0) is 34.7 Å².